The molecular formula is C16H15N2OP. The molecule has 3 rings (SSSR count). The maximum atomic E-state index is 13.8. The van der Waals surface area contributed by atoms with Gasteiger partial charge in [0.2, 0.25) is 0 Å². The summed E-state index contributed by atoms with van der Waals surface area (Å²) in [6.45, 7) is 0. The van der Waals surface area contributed by atoms with Crippen LogP contribution in [0.25, 0.3) is 0 Å². The van der Waals surface area contributed by atoms with E-state index in [1.54, 1.807) is 12.5 Å². The van der Waals surface area contributed by atoms with Gasteiger partial charge in [0.05, 0.1) is 12.5 Å². The van der Waals surface area contributed by atoms with Crippen molar-refractivity contribution in [2.75, 3.05) is 0 Å². The average molecular weight is 282 g/mol. The lowest BCUT2D eigenvalue weighted by molar-refractivity contribution is 0.591. The van der Waals surface area contributed by atoms with Crippen LogP contribution in [0.4, 0.5) is 0 Å². The van der Waals surface area contributed by atoms with E-state index in [1.165, 1.54) is 0 Å². The van der Waals surface area contributed by atoms with Crippen LogP contribution >= 0.6 is 7.14 Å². The largest absolute Gasteiger partial charge is 0.331 e. The Labute approximate surface area is 118 Å². The van der Waals surface area contributed by atoms with Crippen LogP contribution in [0.1, 0.15) is 0 Å². The van der Waals surface area contributed by atoms with Crippen molar-refractivity contribution in [3.8, 4) is 0 Å². The van der Waals surface area contributed by atoms with Gasteiger partial charge in [0, 0.05) is 17.7 Å². The number of benzene rings is 2. The Hall–Kier alpha value is -2.12. The summed E-state index contributed by atoms with van der Waals surface area (Å²) < 4.78 is 15.7. The van der Waals surface area contributed by atoms with Crippen LogP contribution in [0.15, 0.2) is 73.2 Å². The van der Waals surface area contributed by atoms with Crippen LogP contribution in [0.2, 0.25) is 0 Å². The molecular weight excluding hydrogens is 267 g/mol. The maximum absolute atomic E-state index is 13.8. The Morgan fingerprint density at radius 3 is 1.80 bits per heavy atom. The highest BCUT2D eigenvalue weighted by Crippen LogP contribution is 2.41. The van der Waals surface area contributed by atoms with Gasteiger partial charge in [-0.1, -0.05) is 60.7 Å². The molecule has 0 unspecified atom stereocenters. The van der Waals surface area contributed by atoms with Crippen molar-refractivity contribution >= 4 is 23.2 Å². The second kappa shape index (κ2) is 5.10. The molecule has 0 aliphatic rings. The highest BCUT2D eigenvalue weighted by molar-refractivity contribution is 7.85. The average Bonchev–Trinajstić information content (AvgIpc) is 2.95. The smallest absolute Gasteiger partial charge is 0.188 e. The molecule has 0 bridgehead atoms. The number of hydrogen-bond donors (Lipinski definition) is 0. The lowest BCUT2D eigenvalue weighted by Crippen LogP contribution is -2.28. The minimum atomic E-state index is -2.87. The Bertz CT molecular complexity index is 707. The minimum Gasteiger partial charge on any atom is -0.331 e. The van der Waals surface area contributed by atoms with E-state index in [-0.39, 0.29) is 0 Å². The quantitative estimate of drug-likeness (QED) is 0.689. The minimum absolute atomic E-state index is 0.745. The molecule has 0 atom stereocenters. The van der Waals surface area contributed by atoms with Crippen molar-refractivity contribution in [2.45, 2.75) is 0 Å². The highest BCUT2D eigenvalue weighted by atomic mass is 31.2. The first-order valence-electron chi connectivity index (χ1n) is 6.41. The Balaban J connectivity index is 2.30. The van der Waals surface area contributed by atoms with Gasteiger partial charge in [0.15, 0.2) is 7.14 Å². The molecule has 0 amide bonds. The topological polar surface area (TPSA) is 34.9 Å². The second-order valence-electron chi connectivity index (χ2n) is 4.64. The molecule has 20 heavy (non-hydrogen) atoms. The molecule has 2 aromatic carbocycles. The van der Waals surface area contributed by atoms with Gasteiger partial charge in [-0.15, -0.1) is 0 Å². The first-order chi connectivity index (χ1) is 9.73. The van der Waals surface area contributed by atoms with E-state index in [0.717, 1.165) is 16.0 Å². The summed E-state index contributed by atoms with van der Waals surface area (Å²) in [4.78, 5) is 4.13. The van der Waals surface area contributed by atoms with E-state index < -0.39 is 7.14 Å². The molecule has 4 heteroatoms. The summed E-state index contributed by atoms with van der Waals surface area (Å²) in [5, 5.41) is 1.66. The van der Waals surface area contributed by atoms with Crippen LogP contribution in [0, 0.1) is 0 Å². The molecule has 1 heterocycles. The number of imidazole rings is 1. The fourth-order valence-electron chi connectivity index (χ4n) is 2.34. The van der Waals surface area contributed by atoms with E-state index in [9.17, 15) is 4.57 Å². The van der Waals surface area contributed by atoms with E-state index in [4.69, 9.17) is 0 Å². The van der Waals surface area contributed by atoms with Crippen LogP contribution in [-0.2, 0) is 11.6 Å². The third-order valence-corrected chi connectivity index (χ3v) is 6.48. The van der Waals surface area contributed by atoms with Gasteiger partial charge in [-0.25, -0.2) is 4.98 Å². The monoisotopic (exact) mass is 282 g/mol. The predicted molar refractivity (Wildman–Crippen MR) is 82.6 cm³/mol. The Morgan fingerprint density at radius 2 is 1.40 bits per heavy atom. The highest BCUT2D eigenvalue weighted by Gasteiger charge is 2.31. The van der Waals surface area contributed by atoms with Gasteiger partial charge < -0.3 is 9.13 Å². The fraction of sp³-hybridized carbons (Fsp3) is 0.0625. The van der Waals surface area contributed by atoms with E-state index in [0.29, 0.717) is 0 Å². The van der Waals surface area contributed by atoms with Crippen LogP contribution in [0.5, 0.6) is 0 Å². The number of hydrogen-bond acceptors (Lipinski definition) is 2. The molecule has 1 aromatic heterocycles. The predicted octanol–water partition coefficient (Wildman–Crippen LogP) is 2.06. The normalized spacial score (nSPS) is 11.4. The van der Waals surface area contributed by atoms with Gasteiger partial charge >= 0.3 is 0 Å². The van der Waals surface area contributed by atoms with Crippen molar-refractivity contribution in [3.05, 3.63) is 73.2 Å². The lowest BCUT2D eigenvalue weighted by atomic mass is 10.4. The molecule has 0 fully saturated rings. The standard InChI is InChI=1S/C16H15N2OP/c1-18-13-17-12-16(18)20(19,14-8-4-2-5-9-14)15-10-6-3-7-11-15/h2-13H,1H3. The fourth-order valence-corrected chi connectivity index (χ4v) is 5.08. The third-order valence-electron chi connectivity index (χ3n) is 3.35. The molecule has 3 aromatic rings. The molecule has 0 radical (unpaired) electrons. The van der Waals surface area contributed by atoms with E-state index in [2.05, 4.69) is 4.98 Å². The van der Waals surface area contributed by atoms with Crippen molar-refractivity contribution < 1.29 is 4.57 Å². The zero-order chi connectivity index (χ0) is 14.0. The summed E-state index contributed by atoms with van der Waals surface area (Å²) in [7, 11) is -0.990. The first-order valence-corrected chi connectivity index (χ1v) is 8.12. The first kappa shape index (κ1) is 12.9. The molecule has 0 saturated carbocycles. The molecule has 0 aliphatic carbocycles. The molecule has 0 aliphatic heterocycles. The summed E-state index contributed by atoms with van der Waals surface area (Å²) in [6.07, 6.45) is 3.38. The zero-order valence-electron chi connectivity index (χ0n) is 11.2. The summed E-state index contributed by atoms with van der Waals surface area (Å²) >= 11 is 0. The van der Waals surface area contributed by atoms with Crippen LogP contribution < -0.4 is 16.0 Å². The van der Waals surface area contributed by atoms with Crippen molar-refractivity contribution in [1.82, 2.24) is 9.55 Å². The van der Waals surface area contributed by atoms with Crippen molar-refractivity contribution in [1.29, 1.82) is 0 Å². The summed E-state index contributed by atoms with van der Waals surface area (Å²) in [6, 6.07) is 19.2. The maximum Gasteiger partial charge on any atom is 0.188 e. The van der Waals surface area contributed by atoms with Crippen molar-refractivity contribution in [2.24, 2.45) is 7.05 Å². The molecule has 0 spiro atoms. The van der Waals surface area contributed by atoms with Gasteiger partial charge in [0.25, 0.3) is 0 Å². The summed E-state index contributed by atoms with van der Waals surface area (Å²) in [5.41, 5.74) is 0.745. The van der Waals surface area contributed by atoms with E-state index in [1.807, 2.05) is 72.3 Å². The van der Waals surface area contributed by atoms with E-state index >= 15 is 0 Å². The second-order valence-corrected chi connectivity index (χ2v) is 7.35. The van der Waals surface area contributed by atoms with Gasteiger partial charge in [0.1, 0.15) is 5.44 Å². The van der Waals surface area contributed by atoms with Crippen molar-refractivity contribution in [3.63, 3.8) is 0 Å². The lowest BCUT2D eigenvalue weighted by Gasteiger charge is -2.19. The number of aryl methyl sites for hydroxylation is 1. The van der Waals surface area contributed by atoms with Crippen LogP contribution in [0.3, 0.4) is 0 Å². The number of nitrogens with zero attached hydrogens (tertiary/aromatic N) is 2. The summed E-state index contributed by atoms with van der Waals surface area (Å²) in [5.74, 6) is 0. The Kier molecular flexibility index (Phi) is 3.29. The SMILES string of the molecule is Cn1cncc1P(=O)(c1ccccc1)c1ccccc1. The molecule has 3 nitrogen and oxygen atoms in total. The van der Waals surface area contributed by atoms with Gasteiger partial charge in [-0.2, -0.15) is 0 Å². The number of rotatable bonds is 3. The molecule has 0 N–H and O–H groups in total. The van der Waals surface area contributed by atoms with Crippen LogP contribution in [-0.4, -0.2) is 9.55 Å². The zero-order valence-corrected chi connectivity index (χ0v) is 12.1. The molecule has 0 saturated heterocycles. The third kappa shape index (κ3) is 2.00. The number of aromatic nitrogens is 2. The molecule has 100 valence electrons. The van der Waals surface area contributed by atoms with Gasteiger partial charge in [-0.05, 0) is 0 Å². The Morgan fingerprint density at radius 1 is 0.900 bits per heavy atom. The van der Waals surface area contributed by atoms with Gasteiger partial charge in [-0.3, -0.25) is 0 Å².